The molecule has 0 amide bonds. The third kappa shape index (κ3) is 2.33. The number of H-pyrrole nitrogens is 1. The molecule has 3 aromatic rings. The molecule has 0 radical (unpaired) electrons. The first-order valence-corrected chi connectivity index (χ1v) is 6.82. The summed E-state index contributed by atoms with van der Waals surface area (Å²) in [6, 6.07) is 7.00. The van der Waals surface area contributed by atoms with Crippen LogP contribution in [0.25, 0.3) is 11.0 Å². The zero-order valence-electron chi connectivity index (χ0n) is 9.73. The van der Waals surface area contributed by atoms with Crippen molar-refractivity contribution in [3.63, 3.8) is 0 Å². The molecule has 6 heteroatoms. The fourth-order valence-corrected chi connectivity index (χ4v) is 2.60. The van der Waals surface area contributed by atoms with Gasteiger partial charge in [-0.1, -0.05) is 6.07 Å². The first kappa shape index (κ1) is 12.5. The van der Waals surface area contributed by atoms with Gasteiger partial charge in [-0.2, -0.15) is 0 Å². The van der Waals surface area contributed by atoms with Crippen molar-refractivity contribution in [2.45, 2.75) is 6.54 Å². The quantitative estimate of drug-likeness (QED) is 0.716. The van der Waals surface area contributed by atoms with Crippen molar-refractivity contribution in [1.82, 2.24) is 14.5 Å². The molecule has 0 atom stereocenters. The molecule has 0 bridgehead atoms. The zero-order valence-corrected chi connectivity index (χ0v) is 12.1. The van der Waals surface area contributed by atoms with E-state index in [1.165, 1.54) is 6.07 Å². The Morgan fingerprint density at radius 1 is 1.42 bits per heavy atom. The number of nitrogens with one attached hydrogen (secondary N) is 1. The van der Waals surface area contributed by atoms with Gasteiger partial charge in [0, 0.05) is 18.5 Å². The molecule has 2 heterocycles. The normalized spacial score (nSPS) is 11.1. The summed E-state index contributed by atoms with van der Waals surface area (Å²) in [6.45, 7) is 0.563. The fraction of sp³-hybridized carbons (Fsp3) is 0.0769. The van der Waals surface area contributed by atoms with Crippen LogP contribution >= 0.6 is 28.1 Å². The van der Waals surface area contributed by atoms with E-state index in [1.807, 2.05) is 16.7 Å². The summed E-state index contributed by atoms with van der Waals surface area (Å²) >= 11 is 8.46. The summed E-state index contributed by atoms with van der Waals surface area (Å²) in [6.07, 6.45) is 3.49. The number of hydrogen-bond acceptors (Lipinski definition) is 2. The largest absolute Gasteiger partial charge is 0.331 e. The number of hydrogen-bond donors (Lipinski definition) is 1. The van der Waals surface area contributed by atoms with Gasteiger partial charge >= 0.3 is 0 Å². The molecule has 0 aliphatic carbocycles. The summed E-state index contributed by atoms with van der Waals surface area (Å²) < 4.78 is 16.5. The highest BCUT2D eigenvalue weighted by Crippen LogP contribution is 2.23. The molecule has 3 rings (SSSR count). The predicted molar refractivity (Wildman–Crippen MR) is 78.1 cm³/mol. The van der Waals surface area contributed by atoms with Crippen molar-refractivity contribution in [3.8, 4) is 0 Å². The first-order chi connectivity index (χ1) is 9.15. The molecule has 96 valence electrons. The third-order valence-electron chi connectivity index (χ3n) is 2.88. The minimum atomic E-state index is -0.304. The molecule has 0 aliphatic heterocycles. The standard InChI is InChI=1S/C13H9BrFN3S/c14-9-4-11-12(5-10(9)15)18(13(19)17-11)7-8-2-1-3-16-6-8/h1-6H,7H2,(H,17,19). The zero-order chi connectivity index (χ0) is 13.4. The molecule has 0 unspecified atom stereocenters. The number of aromatic nitrogens is 3. The number of rotatable bonds is 2. The van der Waals surface area contributed by atoms with Crippen molar-refractivity contribution < 1.29 is 4.39 Å². The SMILES string of the molecule is Fc1cc2c(cc1Br)[nH]c(=S)n2Cc1cccnc1. The minimum Gasteiger partial charge on any atom is -0.331 e. The van der Waals surface area contributed by atoms with Gasteiger partial charge in [-0.3, -0.25) is 4.98 Å². The Balaban J connectivity index is 2.16. The van der Waals surface area contributed by atoms with Gasteiger partial charge in [0.2, 0.25) is 0 Å². The van der Waals surface area contributed by atoms with Crippen molar-refractivity contribution in [1.29, 1.82) is 0 Å². The number of nitrogens with zero attached hydrogens (tertiary/aromatic N) is 2. The number of benzene rings is 1. The lowest BCUT2D eigenvalue weighted by molar-refractivity contribution is 0.622. The molecule has 0 saturated carbocycles. The van der Waals surface area contributed by atoms with E-state index >= 15 is 0 Å². The summed E-state index contributed by atoms with van der Waals surface area (Å²) in [5.74, 6) is -0.304. The maximum Gasteiger partial charge on any atom is 0.178 e. The van der Waals surface area contributed by atoms with Crippen molar-refractivity contribution in [2.24, 2.45) is 0 Å². The van der Waals surface area contributed by atoms with E-state index in [2.05, 4.69) is 25.9 Å². The third-order valence-corrected chi connectivity index (χ3v) is 3.81. The fourth-order valence-electron chi connectivity index (χ4n) is 1.98. The lowest BCUT2D eigenvalue weighted by Gasteiger charge is -2.04. The van der Waals surface area contributed by atoms with Gasteiger partial charge < -0.3 is 9.55 Å². The maximum absolute atomic E-state index is 13.7. The Bertz CT molecular complexity index is 795. The van der Waals surface area contributed by atoms with Gasteiger partial charge in [-0.25, -0.2) is 4.39 Å². The lowest BCUT2D eigenvalue weighted by atomic mass is 10.2. The second kappa shape index (κ2) is 4.86. The van der Waals surface area contributed by atoms with Crippen molar-refractivity contribution >= 4 is 39.2 Å². The van der Waals surface area contributed by atoms with Gasteiger partial charge in [-0.05, 0) is 45.8 Å². The maximum atomic E-state index is 13.7. The topological polar surface area (TPSA) is 33.6 Å². The Hall–Kier alpha value is -1.53. The molecular formula is C13H9BrFN3S. The van der Waals surface area contributed by atoms with E-state index in [1.54, 1.807) is 18.5 Å². The molecule has 1 aromatic carbocycles. The van der Waals surface area contributed by atoms with E-state index in [-0.39, 0.29) is 5.82 Å². The Labute approximate surface area is 122 Å². The van der Waals surface area contributed by atoms with Gasteiger partial charge in [0.25, 0.3) is 0 Å². The summed E-state index contributed by atoms with van der Waals surface area (Å²) in [5.41, 5.74) is 2.57. The molecule has 0 aliphatic rings. The Morgan fingerprint density at radius 2 is 2.26 bits per heavy atom. The lowest BCUT2D eigenvalue weighted by Crippen LogP contribution is -2.00. The van der Waals surface area contributed by atoms with Crippen LogP contribution in [-0.2, 0) is 6.54 Å². The van der Waals surface area contributed by atoms with Gasteiger partial charge in [-0.15, -0.1) is 0 Å². The second-order valence-electron chi connectivity index (χ2n) is 4.16. The van der Waals surface area contributed by atoms with Crippen LogP contribution in [0.2, 0.25) is 0 Å². The molecule has 2 aromatic heterocycles. The van der Waals surface area contributed by atoms with Crippen LogP contribution < -0.4 is 0 Å². The highest BCUT2D eigenvalue weighted by Gasteiger charge is 2.09. The molecule has 0 spiro atoms. The van der Waals surface area contributed by atoms with Gasteiger partial charge in [0.15, 0.2) is 4.77 Å². The summed E-state index contributed by atoms with van der Waals surface area (Å²) in [7, 11) is 0. The smallest absolute Gasteiger partial charge is 0.178 e. The van der Waals surface area contributed by atoms with Gasteiger partial charge in [0.05, 0.1) is 22.1 Å². The highest BCUT2D eigenvalue weighted by atomic mass is 79.9. The molecular weight excluding hydrogens is 329 g/mol. The van der Waals surface area contributed by atoms with Crippen molar-refractivity contribution in [3.05, 3.63) is 57.3 Å². The number of pyridine rings is 1. The Kier molecular flexibility index (Phi) is 3.20. The first-order valence-electron chi connectivity index (χ1n) is 5.61. The number of aromatic amines is 1. The minimum absolute atomic E-state index is 0.304. The van der Waals surface area contributed by atoms with Crippen LogP contribution in [0.5, 0.6) is 0 Å². The van der Waals surface area contributed by atoms with Crippen LogP contribution in [0, 0.1) is 10.6 Å². The monoisotopic (exact) mass is 337 g/mol. The number of halogens is 2. The van der Waals surface area contributed by atoms with Crippen LogP contribution in [0.4, 0.5) is 4.39 Å². The summed E-state index contributed by atoms with van der Waals surface area (Å²) in [5, 5.41) is 0. The van der Waals surface area contributed by atoms with E-state index in [0.29, 0.717) is 15.8 Å². The van der Waals surface area contributed by atoms with Crippen LogP contribution in [0.1, 0.15) is 5.56 Å². The number of imidazole rings is 1. The van der Waals surface area contributed by atoms with E-state index in [4.69, 9.17) is 12.2 Å². The molecule has 19 heavy (non-hydrogen) atoms. The second-order valence-corrected chi connectivity index (χ2v) is 5.40. The molecule has 0 fully saturated rings. The van der Waals surface area contributed by atoms with E-state index in [0.717, 1.165) is 16.6 Å². The molecule has 1 N–H and O–H groups in total. The highest BCUT2D eigenvalue weighted by molar-refractivity contribution is 9.10. The molecule has 3 nitrogen and oxygen atoms in total. The van der Waals surface area contributed by atoms with Crippen LogP contribution in [-0.4, -0.2) is 14.5 Å². The van der Waals surface area contributed by atoms with Crippen molar-refractivity contribution in [2.75, 3.05) is 0 Å². The summed E-state index contributed by atoms with van der Waals surface area (Å²) in [4.78, 5) is 7.14. The number of fused-ring (bicyclic) bond motifs is 1. The molecule has 0 saturated heterocycles. The van der Waals surface area contributed by atoms with Crippen LogP contribution in [0.3, 0.4) is 0 Å². The average molecular weight is 338 g/mol. The Morgan fingerprint density at radius 3 is 3.00 bits per heavy atom. The van der Waals surface area contributed by atoms with E-state index in [9.17, 15) is 4.39 Å². The van der Waals surface area contributed by atoms with Crippen LogP contribution in [0.15, 0.2) is 41.1 Å². The van der Waals surface area contributed by atoms with Gasteiger partial charge in [0.1, 0.15) is 5.82 Å². The van der Waals surface area contributed by atoms with E-state index < -0.39 is 0 Å². The average Bonchev–Trinajstić information content (AvgIpc) is 2.68. The predicted octanol–water partition coefficient (Wildman–Crippen LogP) is 4.04.